The van der Waals surface area contributed by atoms with Crippen LogP contribution in [0.3, 0.4) is 0 Å². The largest absolute Gasteiger partial charge is 0.342 e. The molecule has 1 heterocycles. The number of aromatic nitrogens is 2. The van der Waals surface area contributed by atoms with Crippen LogP contribution in [-0.2, 0) is 12.8 Å². The van der Waals surface area contributed by atoms with Gasteiger partial charge in [0.25, 0.3) is 0 Å². The van der Waals surface area contributed by atoms with E-state index in [0.717, 1.165) is 29.3 Å². The van der Waals surface area contributed by atoms with Gasteiger partial charge in [-0.1, -0.05) is 19.1 Å². The van der Waals surface area contributed by atoms with E-state index in [1.54, 1.807) is 6.07 Å². The molecule has 0 spiro atoms. The fraction of sp³-hybridized carbons (Fsp3) is 0.188. The van der Waals surface area contributed by atoms with Crippen LogP contribution in [0.25, 0.3) is 11.0 Å². The number of imidazole rings is 1. The van der Waals surface area contributed by atoms with Crippen LogP contribution < -0.4 is 0 Å². The smallest absolute Gasteiger partial charge is 0.159 e. The molecule has 0 radical (unpaired) electrons. The van der Waals surface area contributed by atoms with Crippen molar-refractivity contribution in [2.24, 2.45) is 0 Å². The molecule has 0 unspecified atom stereocenters. The first-order valence-corrected chi connectivity index (χ1v) is 6.57. The molecular weight excluding hydrogens is 258 g/mol. The maximum Gasteiger partial charge on any atom is 0.159 e. The Kier molecular flexibility index (Phi) is 3.22. The number of benzene rings is 2. The number of H-pyrrole nitrogens is 1. The third-order valence-corrected chi connectivity index (χ3v) is 3.36. The summed E-state index contributed by atoms with van der Waals surface area (Å²) >= 11 is 0. The van der Waals surface area contributed by atoms with Gasteiger partial charge in [-0.15, -0.1) is 0 Å². The van der Waals surface area contributed by atoms with Gasteiger partial charge in [0.15, 0.2) is 11.6 Å². The number of nitrogens with zero attached hydrogens (tertiary/aromatic N) is 1. The summed E-state index contributed by atoms with van der Waals surface area (Å²) in [5.74, 6) is -0.905. The van der Waals surface area contributed by atoms with Gasteiger partial charge in [-0.05, 0) is 41.8 Å². The molecule has 3 rings (SSSR count). The van der Waals surface area contributed by atoms with E-state index in [0.29, 0.717) is 12.0 Å². The van der Waals surface area contributed by atoms with Gasteiger partial charge in [-0.25, -0.2) is 13.8 Å². The summed E-state index contributed by atoms with van der Waals surface area (Å²) in [4.78, 5) is 7.69. The molecule has 0 aliphatic heterocycles. The molecule has 0 aliphatic carbocycles. The third kappa shape index (κ3) is 2.41. The number of hydrogen-bond donors (Lipinski definition) is 1. The fourth-order valence-electron chi connectivity index (χ4n) is 2.26. The Morgan fingerprint density at radius 3 is 2.55 bits per heavy atom. The first kappa shape index (κ1) is 12.8. The SMILES string of the molecule is CCc1ccc2nc(Cc3ccc(F)c(F)c3)[nH]c2c1. The van der Waals surface area contributed by atoms with Crippen LogP contribution in [0.15, 0.2) is 36.4 Å². The average molecular weight is 272 g/mol. The molecule has 0 aliphatic rings. The highest BCUT2D eigenvalue weighted by Gasteiger charge is 2.07. The van der Waals surface area contributed by atoms with Crippen LogP contribution in [-0.4, -0.2) is 9.97 Å². The summed E-state index contributed by atoms with van der Waals surface area (Å²) in [6.45, 7) is 2.10. The fourth-order valence-corrected chi connectivity index (χ4v) is 2.26. The van der Waals surface area contributed by atoms with Crippen molar-refractivity contribution in [2.45, 2.75) is 19.8 Å². The molecule has 102 valence electrons. The maximum atomic E-state index is 13.2. The van der Waals surface area contributed by atoms with E-state index in [-0.39, 0.29) is 0 Å². The molecule has 4 heteroatoms. The summed E-state index contributed by atoms with van der Waals surface area (Å²) in [7, 11) is 0. The minimum Gasteiger partial charge on any atom is -0.342 e. The van der Waals surface area contributed by atoms with Crippen LogP contribution in [0.4, 0.5) is 8.78 Å². The molecule has 20 heavy (non-hydrogen) atoms. The highest BCUT2D eigenvalue weighted by Crippen LogP contribution is 2.17. The van der Waals surface area contributed by atoms with E-state index in [1.165, 1.54) is 11.6 Å². The number of aryl methyl sites for hydroxylation is 1. The van der Waals surface area contributed by atoms with Gasteiger partial charge in [0, 0.05) is 6.42 Å². The minimum absolute atomic E-state index is 0.452. The standard InChI is InChI=1S/C16H14F2N2/c1-2-10-4-6-14-15(8-10)20-16(19-14)9-11-3-5-12(17)13(18)7-11/h3-8H,2,9H2,1H3,(H,19,20). The Hall–Kier alpha value is -2.23. The number of fused-ring (bicyclic) bond motifs is 1. The number of aromatic amines is 1. The Morgan fingerprint density at radius 2 is 1.80 bits per heavy atom. The molecular formula is C16H14F2N2. The van der Waals surface area contributed by atoms with Gasteiger partial charge in [0.1, 0.15) is 5.82 Å². The molecule has 0 bridgehead atoms. The Bertz CT molecular complexity index is 762. The second-order valence-electron chi connectivity index (χ2n) is 4.81. The van der Waals surface area contributed by atoms with Crippen molar-refractivity contribution in [1.82, 2.24) is 9.97 Å². The number of rotatable bonds is 3. The topological polar surface area (TPSA) is 28.7 Å². The third-order valence-electron chi connectivity index (χ3n) is 3.36. The number of hydrogen-bond acceptors (Lipinski definition) is 1. The summed E-state index contributed by atoms with van der Waals surface area (Å²) < 4.78 is 26.1. The lowest BCUT2D eigenvalue weighted by molar-refractivity contribution is 0.507. The molecule has 0 atom stereocenters. The lowest BCUT2D eigenvalue weighted by Crippen LogP contribution is -1.93. The summed E-state index contributed by atoms with van der Waals surface area (Å²) in [5, 5.41) is 0. The molecule has 1 N–H and O–H groups in total. The van der Waals surface area contributed by atoms with Gasteiger partial charge in [-0.2, -0.15) is 0 Å². The Balaban J connectivity index is 1.92. The molecule has 1 aromatic heterocycles. The van der Waals surface area contributed by atoms with E-state index in [4.69, 9.17) is 0 Å². The zero-order chi connectivity index (χ0) is 14.1. The normalized spacial score (nSPS) is 11.2. The van der Waals surface area contributed by atoms with Crippen molar-refractivity contribution < 1.29 is 8.78 Å². The second kappa shape index (κ2) is 5.04. The van der Waals surface area contributed by atoms with E-state index < -0.39 is 11.6 Å². The lowest BCUT2D eigenvalue weighted by Gasteiger charge is -1.99. The van der Waals surface area contributed by atoms with Crippen LogP contribution in [0.2, 0.25) is 0 Å². The van der Waals surface area contributed by atoms with Gasteiger partial charge in [-0.3, -0.25) is 0 Å². The lowest BCUT2D eigenvalue weighted by atomic mass is 10.1. The Morgan fingerprint density at radius 1 is 1.00 bits per heavy atom. The van der Waals surface area contributed by atoms with Crippen LogP contribution in [0.5, 0.6) is 0 Å². The van der Waals surface area contributed by atoms with Crippen molar-refractivity contribution >= 4 is 11.0 Å². The first-order chi connectivity index (χ1) is 9.65. The monoisotopic (exact) mass is 272 g/mol. The highest BCUT2D eigenvalue weighted by molar-refractivity contribution is 5.75. The van der Waals surface area contributed by atoms with Gasteiger partial charge >= 0.3 is 0 Å². The summed E-state index contributed by atoms with van der Waals surface area (Å²) in [6, 6.07) is 10.0. The minimum atomic E-state index is -0.828. The average Bonchev–Trinajstić information content (AvgIpc) is 2.84. The van der Waals surface area contributed by atoms with Crippen molar-refractivity contribution in [3.05, 3.63) is 65.0 Å². The Labute approximate surface area is 115 Å². The summed E-state index contributed by atoms with van der Waals surface area (Å²) in [5.41, 5.74) is 3.79. The highest BCUT2D eigenvalue weighted by atomic mass is 19.2. The number of halogens is 2. The van der Waals surface area contributed by atoms with E-state index in [1.807, 2.05) is 12.1 Å². The molecule has 3 aromatic rings. The molecule has 0 amide bonds. The second-order valence-corrected chi connectivity index (χ2v) is 4.81. The molecule has 2 nitrogen and oxygen atoms in total. The van der Waals surface area contributed by atoms with Gasteiger partial charge < -0.3 is 4.98 Å². The predicted octanol–water partition coefficient (Wildman–Crippen LogP) is 3.99. The maximum absolute atomic E-state index is 13.2. The van der Waals surface area contributed by atoms with Crippen LogP contribution in [0, 0.1) is 11.6 Å². The van der Waals surface area contributed by atoms with Crippen LogP contribution in [0.1, 0.15) is 23.9 Å². The predicted molar refractivity (Wildman–Crippen MR) is 74.6 cm³/mol. The van der Waals surface area contributed by atoms with Crippen molar-refractivity contribution in [3.63, 3.8) is 0 Å². The quantitative estimate of drug-likeness (QED) is 0.767. The van der Waals surface area contributed by atoms with E-state index in [2.05, 4.69) is 23.0 Å². The van der Waals surface area contributed by atoms with Gasteiger partial charge in [0.2, 0.25) is 0 Å². The zero-order valence-electron chi connectivity index (χ0n) is 11.1. The first-order valence-electron chi connectivity index (χ1n) is 6.57. The molecule has 0 saturated carbocycles. The summed E-state index contributed by atoms with van der Waals surface area (Å²) in [6.07, 6.45) is 1.42. The van der Waals surface area contributed by atoms with Crippen molar-refractivity contribution in [2.75, 3.05) is 0 Å². The van der Waals surface area contributed by atoms with Gasteiger partial charge in [0.05, 0.1) is 11.0 Å². The van der Waals surface area contributed by atoms with E-state index >= 15 is 0 Å². The van der Waals surface area contributed by atoms with Crippen molar-refractivity contribution in [1.29, 1.82) is 0 Å². The van der Waals surface area contributed by atoms with E-state index in [9.17, 15) is 8.78 Å². The molecule has 0 fully saturated rings. The molecule has 2 aromatic carbocycles. The molecule has 0 saturated heterocycles. The zero-order valence-corrected chi connectivity index (χ0v) is 11.1. The van der Waals surface area contributed by atoms with Crippen LogP contribution >= 0.6 is 0 Å². The van der Waals surface area contributed by atoms with Crippen molar-refractivity contribution in [3.8, 4) is 0 Å². The number of nitrogens with one attached hydrogen (secondary N) is 1.